The van der Waals surface area contributed by atoms with Gasteiger partial charge in [-0.05, 0) is 68.2 Å². The molecule has 7 aromatic rings. The van der Waals surface area contributed by atoms with Crippen LogP contribution in [0.5, 0.6) is 0 Å². The number of rotatable bonds is 1. The summed E-state index contributed by atoms with van der Waals surface area (Å²) < 4.78 is 6.02. The average molecular weight is 429 g/mol. The van der Waals surface area contributed by atoms with Crippen molar-refractivity contribution >= 4 is 65.9 Å². The van der Waals surface area contributed by atoms with Gasteiger partial charge in [-0.25, -0.2) is 0 Å². The Kier molecular flexibility index (Phi) is 3.67. The third-order valence-corrected chi connectivity index (χ3v) is 6.83. The second kappa shape index (κ2) is 6.59. The maximum atomic E-state index is 6.91. The third-order valence-electron chi connectivity index (χ3n) is 6.52. The van der Waals surface area contributed by atoms with E-state index in [0.29, 0.717) is 0 Å². The fourth-order valence-corrected chi connectivity index (χ4v) is 5.31. The summed E-state index contributed by atoms with van der Waals surface area (Å²) in [6.07, 6.45) is 0. The molecule has 0 fully saturated rings. The van der Waals surface area contributed by atoms with Crippen LogP contribution in [0.3, 0.4) is 0 Å². The third kappa shape index (κ3) is 2.46. The molecular formula is C30H17ClO. The van der Waals surface area contributed by atoms with E-state index in [4.69, 9.17) is 16.0 Å². The molecule has 0 unspecified atom stereocenters. The zero-order valence-electron chi connectivity index (χ0n) is 17.1. The van der Waals surface area contributed by atoms with Gasteiger partial charge in [0, 0.05) is 21.4 Å². The van der Waals surface area contributed by atoms with Crippen LogP contribution in [0.25, 0.3) is 65.4 Å². The minimum Gasteiger partial charge on any atom is -0.456 e. The Bertz CT molecular complexity index is 1840. The number of para-hydroxylation sites is 1. The number of benzene rings is 6. The highest BCUT2D eigenvalue weighted by molar-refractivity contribution is 6.36. The van der Waals surface area contributed by atoms with Crippen molar-refractivity contribution in [3.63, 3.8) is 0 Å². The molecule has 0 saturated heterocycles. The lowest BCUT2D eigenvalue weighted by molar-refractivity contribution is 0.669. The summed E-state index contributed by atoms with van der Waals surface area (Å²) in [6.45, 7) is 0. The Morgan fingerprint density at radius 3 is 1.66 bits per heavy atom. The van der Waals surface area contributed by atoms with Crippen LogP contribution in [0.2, 0.25) is 5.02 Å². The predicted molar refractivity (Wildman–Crippen MR) is 137 cm³/mol. The van der Waals surface area contributed by atoms with Crippen molar-refractivity contribution in [2.45, 2.75) is 0 Å². The van der Waals surface area contributed by atoms with Crippen LogP contribution in [0.4, 0.5) is 0 Å². The average Bonchev–Trinajstić information content (AvgIpc) is 3.22. The van der Waals surface area contributed by atoms with Gasteiger partial charge in [-0.3, -0.25) is 0 Å². The largest absolute Gasteiger partial charge is 0.456 e. The quantitative estimate of drug-likeness (QED) is 0.237. The molecule has 0 atom stereocenters. The molecule has 1 nitrogen and oxygen atoms in total. The zero-order valence-corrected chi connectivity index (χ0v) is 17.9. The molecule has 7 rings (SSSR count). The van der Waals surface area contributed by atoms with Gasteiger partial charge in [0.2, 0.25) is 0 Å². The highest BCUT2D eigenvalue weighted by Crippen LogP contribution is 2.41. The summed E-state index contributed by atoms with van der Waals surface area (Å²) in [5, 5.41) is 10.4. The van der Waals surface area contributed by atoms with Crippen molar-refractivity contribution < 1.29 is 4.42 Å². The molecule has 1 aromatic heterocycles. The summed E-state index contributed by atoms with van der Waals surface area (Å²) in [4.78, 5) is 0. The second-order valence-corrected chi connectivity index (χ2v) is 8.69. The first-order valence-electron chi connectivity index (χ1n) is 10.7. The van der Waals surface area contributed by atoms with Crippen molar-refractivity contribution in [1.29, 1.82) is 0 Å². The lowest BCUT2D eigenvalue weighted by atomic mass is 9.92. The maximum absolute atomic E-state index is 6.91. The van der Waals surface area contributed by atoms with Crippen molar-refractivity contribution in [3.8, 4) is 11.1 Å². The molecule has 6 aromatic carbocycles. The molecule has 2 heteroatoms. The van der Waals surface area contributed by atoms with Gasteiger partial charge in [-0.2, -0.15) is 0 Å². The molecule has 32 heavy (non-hydrogen) atoms. The molecule has 0 aliphatic heterocycles. The summed E-state index contributed by atoms with van der Waals surface area (Å²) in [6, 6.07) is 36.1. The van der Waals surface area contributed by atoms with Gasteiger partial charge in [-0.1, -0.05) is 84.4 Å². The standard InChI is InChI=1S/C30H17ClO/c31-28-17-26-22-10-4-2-8-20(22)19-7-1-3-9-21(19)25(26)16-24(28)18-13-14-30-27(15-18)23-11-5-6-12-29(23)32-30/h1-17H. The van der Waals surface area contributed by atoms with Gasteiger partial charge in [0.05, 0.1) is 0 Å². The Labute approximate surface area is 189 Å². The van der Waals surface area contributed by atoms with Crippen LogP contribution < -0.4 is 0 Å². The van der Waals surface area contributed by atoms with Crippen LogP contribution in [0, 0.1) is 0 Å². The molecule has 150 valence electrons. The van der Waals surface area contributed by atoms with Crippen LogP contribution in [0.15, 0.2) is 108 Å². The van der Waals surface area contributed by atoms with Crippen molar-refractivity contribution in [2.75, 3.05) is 0 Å². The van der Waals surface area contributed by atoms with E-state index >= 15 is 0 Å². The summed E-state index contributed by atoms with van der Waals surface area (Å²) in [5.41, 5.74) is 3.92. The lowest BCUT2D eigenvalue weighted by Crippen LogP contribution is -1.86. The van der Waals surface area contributed by atoms with Gasteiger partial charge in [-0.15, -0.1) is 0 Å². The molecule has 0 aliphatic rings. The van der Waals surface area contributed by atoms with E-state index in [1.165, 1.54) is 32.3 Å². The van der Waals surface area contributed by atoms with Crippen LogP contribution >= 0.6 is 11.6 Å². The van der Waals surface area contributed by atoms with E-state index in [0.717, 1.165) is 38.1 Å². The Morgan fingerprint density at radius 1 is 0.438 bits per heavy atom. The van der Waals surface area contributed by atoms with E-state index in [2.05, 4.69) is 78.9 Å². The minimum atomic E-state index is 0.755. The van der Waals surface area contributed by atoms with E-state index < -0.39 is 0 Å². The zero-order chi connectivity index (χ0) is 21.2. The fraction of sp³-hybridized carbons (Fsp3) is 0. The first-order chi connectivity index (χ1) is 15.8. The first kappa shape index (κ1) is 17.8. The van der Waals surface area contributed by atoms with Crippen molar-refractivity contribution in [3.05, 3.63) is 108 Å². The molecule has 0 saturated carbocycles. The number of fused-ring (bicyclic) bond motifs is 9. The molecule has 0 spiro atoms. The normalized spacial score (nSPS) is 11.9. The Morgan fingerprint density at radius 2 is 0.969 bits per heavy atom. The Balaban J connectivity index is 1.58. The van der Waals surface area contributed by atoms with Gasteiger partial charge in [0.25, 0.3) is 0 Å². The molecular weight excluding hydrogens is 412 g/mol. The number of hydrogen-bond donors (Lipinski definition) is 0. The van der Waals surface area contributed by atoms with E-state index in [-0.39, 0.29) is 0 Å². The second-order valence-electron chi connectivity index (χ2n) is 8.28. The van der Waals surface area contributed by atoms with Crippen LogP contribution in [-0.2, 0) is 0 Å². The van der Waals surface area contributed by atoms with E-state index in [1.54, 1.807) is 0 Å². The highest BCUT2D eigenvalue weighted by Gasteiger charge is 2.14. The molecule has 1 heterocycles. The smallest absolute Gasteiger partial charge is 0.135 e. The van der Waals surface area contributed by atoms with Crippen molar-refractivity contribution in [1.82, 2.24) is 0 Å². The molecule has 0 N–H and O–H groups in total. The minimum absolute atomic E-state index is 0.755. The summed E-state index contributed by atoms with van der Waals surface area (Å²) in [7, 11) is 0. The van der Waals surface area contributed by atoms with Gasteiger partial charge in [0.1, 0.15) is 11.2 Å². The monoisotopic (exact) mass is 428 g/mol. The van der Waals surface area contributed by atoms with Crippen LogP contribution in [-0.4, -0.2) is 0 Å². The highest BCUT2D eigenvalue weighted by atomic mass is 35.5. The summed E-state index contributed by atoms with van der Waals surface area (Å²) in [5.74, 6) is 0. The topological polar surface area (TPSA) is 13.1 Å². The molecule has 0 bridgehead atoms. The first-order valence-corrected chi connectivity index (χ1v) is 11.1. The molecule has 0 aliphatic carbocycles. The molecule has 0 radical (unpaired) electrons. The van der Waals surface area contributed by atoms with E-state index in [1.807, 2.05) is 24.3 Å². The van der Waals surface area contributed by atoms with Crippen molar-refractivity contribution in [2.24, 2.45) is 0 Å². The number of halogens is 1. The van der Waals surface area contributed by atoms with Crippen LogP contribution in [0.1, 0.15) is 0 Å². The van der Waals surface area contributed by atoms with Gasteiger partial charge < -0.3 is 4.42 Å². The fourth-order valence-electron chi connectivity index (χ4n) is 5.04. The summed E-state index contributed by atoms with van der Waals surface area (Å²) >= 11 is 6.91. The van der Waals surface area contributed by atoms with Gasteiger partial charge >= 0.3 is 0 Å². The number of hydrogen-bond acceptors (Lipinski definition) is 1. The molecule has 0 amide bonds. The van der Waals surface area contributed by atoms with Gasteiger partial charge in [0.15, 0.2) is 0 Å². The van der Waals surface area contributed by atoms with E-state index in [9.17, 15) is 0 Å². The Hall–Kier alpha value is -3.81. The maximum Gasteiger partial charge on any atom is 0.135 e. The lowest BCUT2D eigenvalue weighted by Gasteiger charge is -2.13. The predicted octanol–water partition coefficient (Wildman–Crippen LogP) is 9.37. The number of furan rings is 1. The SMILES string of the molecule is Clc1cc2c3ccccc3c3ccccc3c2cc1-c1ccc2oc3ccccc3c2c1.